The lowest BCUT2D eigenvalue weighted by atomic mass is 10.1. The Morgan fingerprint density at radius 3 is 2.57 bits per heavy atom. The van der Waals surface area contributed by atoms with Crippen LogP contribution in [0.4, 0.5) is 10.2 Å². The molecule has 0 spiro atoms. The number of hydrogen-bond acceptors (Lipinski definition) is 4. The molecule has 4 aromatic rings. The molecule has 0 bridgehead atoms. The van der Waals surface area contributed by atoms with Crippen LogP contribution in [-0.2, 0) is 0 Å². The summed E-state index contributed by atoms with van der Waals surface area (Å²) < 4.78 is 16.2. The van der Waals surface area contributed by atoms with Gasteiger partial charge in [0.25, 0.3) is 5.91 Å². The third-order valence-electron chi connectivity index (χ3n) is 4.36. The lowest BCUT2D eigenvalue weighted by molar-refractivity contribution is 0.102. The van der Waals surface area contributed by atoms with Gasteiger partial charge in [0.15, 0.2) is 5.82 Å². The maximum absolute atomic E-state index is 14.4. The summed E-state index contributed by atoms with van der Waals surface area (Å²) in [6.45, 7) is 3.98. The van der Waals surface area contributed by atoms with Crippen LogP contribution in [0.1, 0.15) is 30.2 Å². The van der Waals surface area contributed by atoms with Gasteiger partial charge in [-0.15, -0.1) is 0 Å². The van der Waals surface area contributed by atoms with Gasteiger partial charge in [-0.05, 0) is 48.9 Å². The van der Waals surface area contributed by atoms with Gasteiger partial charge in [-0.3, -0.25) is 4.79 Å². The van der Waals surface area contributed by atoms with Gasteiger partial charge in [-0.25, -0.2) is 19.0 Å². The number of nitrogens with one attached hydrogen (secondary N) is 1. The van der Waals surface area contributed by atoms with Crippen LogP contribution in [0.5, 0.6) is 0 Å². The zero-order valence-corrected chi connectivity index (χ0v) is 15.4. The molecule has 6 nitrogen and oxygen atoms in total. The number of fused-ring (bicyclic) bond motifs is 1. The fourth-order valence-electron chi connectivity index (χ4n) is 3.01. The quantitative estimate of drug-likeness (QED) is 0.571. The fourth-order valence-corrected chi connectivity index (χ4v) is 3.01. The van der Waals surface area contributed by atoms with E-state index in [1.54, 1.807) is 35.0 Å². The van der Waals surface area contributed by atoms with Gasteiger partial charge in [0.1, 0.15) is 23.7 Å². The SMILES string of the molecule is CC(C)n1ncnc1-c1cccc(NC(=O)c2cc3ccccc3cc2F)n1. The van der Waals surface area contributed by atoms with Crippen molar-refractivity contribution in [1.29, 1.82) is 0 Å². The highest BCUT2D eigenvalue weighted by atomic mass is 19.1. The molecule has 28 heavy (non-hydrogen) atoms. The van der Waals surface area contributed by atoms with Crippen LogP contribution in [-0.4, -0.2) is 25.7 Å². The third-order valence-corrected chi connectivity index (χ3v) is 4.36. The number of pyridine rings is 1. The average molecular weight is 375 g/mol. The van der Waals surface area contributed by atoms with Crippen LogP contribution >= 0.6 is 0 Å². The fraction of sp³-hybridized carbons (Fsp3) is 0.143. The van der Waals surface area contributed by atoms with E-state index in [1.165, 1.54) is 12.4 Å². The van der Waals surface area contributed by atoms with Crippen LogP contribution in [0.3, 0.4) is 0 Å². The molecule has 7 heteroatoms. The summed E-state index contributed by atoms with van der Waals surface area (Å²) in [6.07, 6.45) is 1.47. The lowest BCUT2D eigenvalue weighted by Gasteiger charge is -2.10. The van der Waals surface area contributed by atoms with Crippen molar-refractivity contribution in [3.8, 4) is 11.5 Å². The minimum Gasteiger partial charge on any atom is -0.306 e. The molecule has 2 aromatic heterocycles. The average Bonchev–Trinajstić information content (AvgIpc) is 3.18. The molecule has 1 amide bonds. The summed E-state index contributed by atoms with van der Waals surface area (Å²) in [4.78, 5) is 21.3. The second-order valence-corrected chi connectivity index (χ2v) is 6.66. The Morgan fingerprint density at radius 2 is 1.82 bits per heavy atom. The van der Waals surface area contributed by atoms with Gasteiger partial charge in [0.2, 0.25) is 0 Å². The molecule has 0 aliphatic rings. The Bertz CT molecular complexity index is 1170. The molecular weight excluding hydrogens is 357 g/mol. The number of aromatic nitrogens is 4. The molecule has 4 rings (SSSR count). The number of hydrogen-bond donors (Lipinski definition) is 1. The first kappa shape index (κ1) is 17.8. The van der Waals surface area contributed by atoms with Gasteiger partial charge in [-0.1, -0.05) is 30.3 Å². The highest BCUT2D eigenvalue weighted by Crippen LogP contribution is 2.22. The predicted octanol–water partition coefficient (Wildman–Crippen LogP) is 4.47. The predicted molar refractivity (Wildman–Crippen MR) is 105 cm³/mol. The molecule has 2 aromatic carbocycles. The Kier molecular flexibility index (Phi) is 4.57. The third kappa shape index (κ3) is 3.34. The molecule has 1 N–H and O–H groups in total. The lowest BCUT2D eigenvalue weighted by Crippen LogP contribution is -2.15. The molecule has 0 atom stereocenters. The molecule has 140 valence electrons. The maximum atomic E-state index is 14.4. The van der Waals surface area contributed by atoms with E-state index in [2.05, 4.69) is 20.4 Å². The second-order valence-electron chi connectivity index (χ2n) is 6.66. The summed E-state index contributed by atoms with van der Waals surface area (Å²) in [5, 5.41) is 8.40. The zero-order valence-electron chi connectivity index (χ0n) is 15.4. The van der Waals surface area contributed by atoms with Gasteiger partial charge in [0.05, 0.1) is 5.56 Å². The van der Waals surface area contributed by atoms with Gasteiger partial charge >= 0.3 is 0 Å². The number of carbonyl (C=O) groups excluding carboxylic acids is 1. The van der Waals surface area contributed by atoms with Crippen LogP contribution < -0.4 is 5.32 Å². The van der Waals surface area contributed by atoms with Crippen LogP contribution in [0.25, 0.3) is 22.3 Å². The number of carbonyl (C=O) groups is 1. The molecule has 0 saturated carbocycles. The van der Waals surface area contributed by atoms with Crippen LogP contribution in [0.15, 0.2) is 60.9 Å². The minimum absolute atomic E-state index is 0.0312. The number of anilines is 1. The van der Waals surface area contributed by atoms with Crippen molar-refractivity contribution in [2.75, 3.05) is 5.32 Å². The normalized spacial score (nSPS) is 11.1. The van der Waals surface area contributed by atoms with Gasteiger partial charge < -0.3 is 5.32 Å². The van der Waals surface area contributed by atoms with E-state index in [0.29, 0.717) is 17.3 Å². The molecule has 0 saturated heterocycles. The number of halogens is 1. The monoisotopic (exact) mass is 375 g/mol. The molecular formula is C21H18FN5O. The summed E-state index contributed by atoms with van der Waals surface area (Å²) in [6, 6.07) is 15.5. The number of rotatable bonds is 4. The van der Waals surface area contributed by atoms with Crippen molar-refractivity contribution in [1.82, 2.24) is 19.7 Å². The second kappa shape index (κ2) is 7.19. The Labute approximate surface area is 161 Å². The highest BCUT2D eigenvalue weighted by molar-refractivity contribution is 6.06. The minimum atomic E-state index is -0.577. The van der Waals surface area contributed by atoms with E-state index in [4.69, 9.17) is 0 Å². The number of nitrogens with zero attached hydrogens (tertiary/aromatic N) is 4. The smallest absolute Gasteiger partial charge is 0.259 e. The van der Waals surface area contributed by atoms with Crippen LogP contribution in [0, 0.1) is 5.82 Å². The largest absolute Gasteiger partial charge is 0.306 e. The van der Waals surface area contributed by atoms with E-state index in [9.17, 15) is 9.18 Å². The molecule has 0 aliphatic heterocycles. The van der Waals surface area contributed by atoms with Gasteiger partial charge in [0, 0.05) is 6.04 Å². The first-order valence-corrected chi connectivity index (χ1v) is 8.89. The molecule has 2 heterocycles. The van der Waals surface area contributed by atoms with Crippen LogP contribution in [0.2, 0.25) is 0 Å². The first-order valence-electron chi connectivity index (χ1n) is 8.89. The number of benzene rings is 2. The van der Waals surface area contributed by atoms with Crippen molar-refractivity contribution < 1.29 is 9.18 Å². The van der Waals surface area contributed by atoms with E-state index in [0.717, 1.165) is 10.8 Å². The summed E-state index contributed by atoms with van der Waals surface area (Å²) in [7, 11) is 0. The highest BCUT2D eigenvalue weighted by Gasteiger charge is 2.16. The summed E-state index contributed by atoms with van der Waals surface area (Å²) >= 11 is 0. The summed E-state index contributed by atoms with van der Waals surface area (Å²) in [5.41, 5.74) is 0.541. The molecule has 0 radical (unpaired) electrons. The Balaban J connectivity index is 1.64. The first-order chi connectivity index (χ1) is 13.5. The van der Waals surface area contributed by atoms with Crippen molar-refractivity contribution in [3.05, 3.63) is 72.3 Å². The topological polar surface area (TPSA) is 72.7 Å². The maximum Gasteiger partial charge on any atom is 0.259 e. The van der Waals surface area contributed by atoms with Crippen molar-refractivity contribution in [3.63, 3.8) is 0 Å². The standard InChI is InChI=1S/C21H18FN5O/c1-13(2)27-20(23-12-24-27)18-8-5-9-19(25-18)26-21(28)16-10-14-6-3-4-7-15(14)11-17(16)22/h3-13H,1-2H3,(H,25,26,28). The van der Waals surface area contributed by atoms with E-state index < -0.39 is 11.7 Å². The molecule has 0 unspecified atom stereocenters. The summed E-state index contributed by atoms with van der Waals surface area (Å²) in [5.74, 6) is -0.221. The Morgan fingerprint density at radius 1 is 1.07 bits per heavy atom. The van der Waals surface area contributed by atoms with Crippen molar-refractivity contribution in [2.45, 2.75) is 19.9 Å². The van der Waals surface area contributed by atoms with E-state index in [-0.39, 0.29) is 11.6 Å². The Hall–Kier alpha value is -3.61. The molecule has 0 fully saturated rings. The zero-order chi connectivity index (χ0) is 19.7. The van der Waals surface area contributed by atoms with Gasteiger partial charge in [-0.2, -0.15) is 5.10 Å². The van der Waals surface area contributed by atoms with E-state index in [1.807, 2.05) is 32.0 Å². The van der Waals surface area contributed by atoms with Crippen molar-refractivity contribution in [2.24, 2.45) is 0 Å². The number of amides is 1. The molecule has 0 aliphatic carbocycles. The van der Waals surface area contributed by atoms with E-state index >= 15 is 0 Å². The van der Waals surface area contributed by atoms with Crippen molar-refractivity contribution >= 4 is 22.5 Å².